The number of likely N-dealkylation sites (tertiary alicyclic amines) is 1. The lowest BCUT2D eigenvalue weighted by Crippen LogP contribution is -2.22. The molecule has 1 aromatic carbocycles. The van der Waals surface area contributed by atoms with Gasteiger partial charge in [0.05, 0.1) is 6.04 Å². The van der Waals surface area contributed by atoms with Crippen LogP contribution in [0.4, 0.5) is 5.13 Å². The molecule has 7 heteroatoms. The van der Waals surface area contributed by atoms with Crippen molar-refractivity contribution in [3.8, 4) is 11.4 Å². The number of anilines is 1. The Bertz CT molecular complexity index is 829. The van der Waals surface area contributed by atoms with Gasteiger partial charge in [-0.3, -0.25) is 4.90 Å². The van der Waals surface area contributed by atoms with Crippen LogP contribution in [0.3, 0.4) is 0 Å². The highest BCUT2D eigenvalue weighted by Crippen LogP contribution is 2.34. The van der Waals surface area contributed by atoms with E-state index in [4.69, 9.17) is 4.52 Å². The van der Waals surface area contributed by atoms with Crippen molar-refractivity contribution < 1.29 is 4.52 Å². The Morgan fingerprint density at radius 3 is 2.88 bits per heavy atom. The van der Waals surface area contributed by atoms with Crippen molar-refractivity contribution in [2.75, 3.05) is 25.5 Å². The predicted molar refractivity (Wildman–Crippen MR) is 98.6 cm³/mol. The van der Waals surface area contributed by atoms with Crippen molar-refractivity contribution in [3.05, 3.63) is 47.3 Å². The van der Waals surface area contributed by atoms with Gasteiger partial charge < -0.3 is 9.42 Å². The lowest BCUT2D eigenvalue weighted by Gasteiger charge is -2.20. The smallest absolute Gasteiger partial charge is 0.244 e. The zero-order chi connectivity index (χ0) is 17.2. The maximum atomic E-state index is 5.59. The molecule has 0 spiro atoms. The molecular weight excluding hydrogens is 334 g/mol. The van der Waals surface area contributed by atoms with Crippen LogP contribution in [-0.2, 0) is 6.54 Å². The molecule has 4 rings (SSSR count). The molecule has 0 amide bonds. The number of aromatic nitrogens is 3. The van der Waals surface area contributed by atoms with Gasteiger partial charge in [-0.05, 0) is 19.4 Å². The molecule has 0 bridgehead atoms. The average Bonchev–Trinajstić information content (AvgIpc) is 3.36. The normalized spacial score (nSPS) is 17.9. The molecule has 130 valence electrons. The Labute approximate surface area is 151 Å². The summed E-state index contributed by atoms with van der Waals surface area (Å²) in [6, 6.07) is 10.1. The zero-order valence-electron chi connectivity index (χ0n) is 14.4. The van der Waals surface area contributed by atoms with Crippen LogP contribution in [0, 0.1) is 0 Å². The fraction of sp³-hybridized carbons (Fsp3) is 0.389. The van der Waals surface area contributed by atoms with E-state index in [1.54, 1.807) is 11.3 Å². The molecule has 0 radical (unpaired) electrons. The second kappa shape index (κ2) is 6.93. The third-order valence-electron chi connectivity index (χ3n) is 4.41. The highest BCUT2D eigenvalue weighted by molar-refractivity contribution is 7.15. The minimum absolute atomic E-state index is 0.190. The molecule has 1 saturated heterocycles. The van der Waals surface area contributed by atoms with Crippen LogP contribution in [0.25, 0.3) is 11.4 Å². The third-order valence-corrected chi connectivity index (χ3v) is 5.56. The Balaban J connectivity index is 1.50. The summed E-state index contributed by atoms with van der Waals surface area (Å²) in [4.78, 5) is 14.8. The molecule has 1 atom stereocenters. The fourth-order valence-corrected chi connectivity index (χ4v) is 4.01. The topological polar surface area (TPSA) is 58.3 Å². The summed E-state index contributed by atoms with van der Waals surface area (Å²) < 4.78 is 5.59. The Hall–Kier alpha value is -2.25. The van der Waals surface area contributed by atoms with Gasteiger partial charge in [-0.25, -0.2) is 4.98 Å². The molecule has 0 saturated carbocycles. The van der Waals surface area contributed by atoms with Gasteiger partial charge in [-0.2, -0.15) is 4.98 Å². The number of hydrogen-bond acceptors (Lipinski definition) is 7. The summed E-state index contributed by atoms with van der Waals surface area (Å²) in [6.07, 6.45) is 4.17. The first-order chi connectivity index (χ1) is 12.2. The van der Waals surface area contributed by atoms with Crippen molar-refractivity contribution in [2.24, 2.45) is 0 Å². The Morgan fingerprint density at radius 1 is 1.28 bits per heavy atom. The van der Waals surface area contributed by atoms with Gasteiger partial charge in [0.15, 0.2) is 5.13 Å². The Kier molecular flexibility index (Phi) is 4.50. The Morgan fingerprint density at radius 2 is 2.12 bits per heavy atom. The zero-order valence-corrected chi connectivity index (χ0v) is 15.2. The summed E-state index contributed by atoms with van der Waals surface area (Å²) in [6.45, 7) is 1.92. The van der Waals surface area contributed by atoms with E-state index in [1.165, 1.54) is 4.88 Å². The van der Waals surface area contributed by atoms with Crippen LogP contribution in [0.1, 0.15) is 29.7 Å². The van der Waals surface area contributed by atoms with Crippen LogP contribution in [-0.4, -0.2) is 40.7 Å². The van der Waals surface area contributed by atoms with Gasteiger partial charge in [0.25, 0.3) is 0 Å². The van der Waals surface area contributed by atoms with E-state index in [-0.39, 0.29) is 6.04 Å². The lowest BCUT2D eigenvalue weighted by atomic mass is 10.2. The SMILES string of the molecule is CN(C)c1ncc(CN2CCC[C@H]2c2nc(-c3ccccc3)no2)s1. The predicted octanol–water partition coefficient (Wildman–Crippen LogP) is 3.60. The molecule has 1 aliphatic rings. The number of nitrogens with zero attached hydrogens (tertiary/aromatic N) is 5. The van der Waals surface area contributed by atoms with Gasteiger partial charge in [-0.1, -0.05) is 35.5 Å². The van der Waals surface area contributed by atoms with E-state index < -0.39 is 0 Å². The summed E-state index contributed by atoms with van der Waals surface area (Å²) in [5, 5.41) is 5.21. The van der Waals surface area contributed by atoms with Crippen LogP contribution >= 0.6 is 11.3 Å². The maximum absolute atomic E-state index is 5.59. The quantitative estimate of drug-likeness (QED) is 0.697. The van der Waals surface area contributed by atoms with E-state index in [2.05, 4.69) is 20.0 Å². The molecule has 25 heavy (non-hydrogen) atoms. The van der Waals surface area contributed by atoms with E-state index >= 15 is 0 Å². The maximum Gasteiger partial charge on any atom is 0.244 e. The molecule has 0 aliphatic carbocycles. The molecule has 1 aliphatic heterocycles. The number of rotatable bonds is 5. The summed E-state index contributed by atoms with van der Waals surface area (Å²) in [5.74, 6) is 1.38. The highest BCUT2D eigenvalue weighted by atomic mass is 32.1. The number of benzene rings is 1. The van der Waals surface area contributed by atoms with Crippen LogP contribution in [0.15, 0.2) is 41.1 Å². The van der Waals surface area contributed by atoms with E-state index in [0.29, 0.717) is 11.7 Å². The third kappa shape index (κ3) is 3.43. The molecule has 3 heterocycles. The largest absolute Gasteiger partial charge is 0.354 e. The van der Waals surface area contributed by atoms with Crippen molar-refractivity contribution in [2.45, 2.75) is 25.4 Å². The fourth-order valence-electron chi connectivity index (χ4n) is 3.15. The standard InChI is InChI=1S/C18H21N5OS/c1-22(2)18-19-11-14(25-18)12-23-10-6-9-15(23)17-20-16(21-24-17)13-7-4-3-5-8-13/h3-5,7-8,11,15H,6,9-10,12H2,1-2H3/t15-/m0/s1. The molecule has 0 unspecified atom stereocenters. The summed E-state index contributed by atoms with van der Waals surface area (Å²) in [7, 11) is 4.04. The average molecular weight is 355 g/mol. The first kappa shape index (κ1) is 16.2. The second-order valence-corrected chi connectivity index (χ2v) is 7.55. The van der Waals surface area contributed by atoms with Crippen molar-refractivity contribution in [3.63, 3.8) is 0 Å². The van der Waals surface area contributed by atoms with Crippen LogP contribution in [0.2, 0.25) is 0 Å². The molecule has 0 N–H and O–H groups in total. The van der Waals surface area contributed by atoms with Crippen LogP contribution in [0.5, 0.6) is 0 Å². The second-order valence-electron chi connectivity index (χ2n) is 6.45. The first-order valence-electron chi connectivity index (χ1n) is 8.46. The monoisotopic (exact) mass is 355 g/mol. The van der Waals surface area contributed by atoms with Crippen molar-refractivity contribution >= 4 is 16.5 Å². The molecule has 3 aromatic rings. The molecule has 1 fully saturated rings. The lowest BCUT2D eigenvalue weighted by molar-refractivity contribution is 0.202. The van der Waals surface area contributed by atoms with Gasteiger partial charge in [0, 0.05) is 37.3 Å². The summed E-state index contributed by atoms with van der Waals surface area (Å²) >= 11 is 1.73. The minimum atomic E-state index is 0.190. The van der Waals surface area contributed by atoms with E-state index in [9.17, 15) is 0 Å². The number of hydrogen-bond donors (Lipinski definition) is 0. The minimum Gasteiger partial charge on any atom is -0.354 e. The molecular formula is C18H21N5OS. The van der Waals surface area contributed by atoms with Crippen molar-refractivity contribution in [1.82, 2.24) is 20.0 Å². The number of thiazole rings is 1. The van der Waals surface area contributed by atoms with E-state index in [1.807, 2.05) is 55.5 Å². The molecule has 2 aromatic heterocycles. The van der Waals surface area contributed by atoms with Crippen LogP contribution < -0.4 is 4.90 Å². The first-order valence-corrected chi connectivity index (χ1v) is 9.27. The van der Waals surface area contributed by atoms with Gasteiger partial charge >= 0.3 is 0 Å². The van der Waals surface area contributed by atoms with Gasteiger partial charge in [-0.15, -0.1) is 11.3 Å². The van der Waals surface area contributed by atoms with E-state index in [0.717, 1.165) is 36.6 Å². The molecule has 6 nitrogen and oxygen atoms in total. The highest BCUT2D eigenvalue weighted by Gasteiger charge is 2.31. The summed E-state index contributed by atoms with van der Waals surface area (Å²) in [5.41, 5.74) is 0.986. The van der Waals surface area contributed by atoms with Gasteiger partial charge in [0.2, 0.25) is 11.7 Å². The van der Waals surface area contributed by atoms with Crippen molar-refractivity contribution in [1.29, 1.82) is 0 Å². The van der Waals surface area contributed by atoms with Gasteiger partial charge in [0.1, 0.15) is 0 Å².